The maximum atomic E-state index is 12.1. The van der Waals surface area contributed by atoms with Gasteiger partial charge in [-0.1, -0.05) is 18.2 Å². The Kier molecular flexibility index (Phi) is 4.44. The van der Waals surface area contributed by atoms with Gasteiger partial charge in [0.1, 0.15) is 5.75 Å². The summed E-state index contributed by atoms with van der Waals surface area (Å²) < 4.78 is 31.7. The molecule has 6 nitrogen and oxygen atoms in total. The molecule has 0 saturated heterocycles. The molecule has 0 atom stereocenters. The highest BCUT2D eigenvalue weighted by Gasteiger charge is 2.13. The van der Waals surface area contributed by atoms with E-state index in [2.05, 4.69) is 4.72 Å². The predicted octanol–water partition coefficient (Wildman–Crippen LogP) is 1.35. The molecule has 0 saturated carbocycles. The number of amides is 1. The number of hydrogen-bond acceptors (Lipinski definition) is 4. The fraction of sp³-hybridized carbons (Fsp3) is 0.0714. The van der Waals surface area contributed by atoms with Crippen molar-refractivity contribution in [2.24, 2.45) is 5.73 Å². The third kappa shape index (κ3) is 4.22. The number of ether oxygens (including phenoxy) is 1. The van der Waals surface area contributed by atoms with E-state index in [4.69, 9.17) is 10.5 Å². The predicted molar refractivity (Wildman–Crippen MR) is 78.4 cm³/mol. The highest BCUT2D eigenvalue weighted by atomic mass is 32.2. The first-order chi connectivity index (χ1) is 9.97. The van der Waals surface area contributed by atoms with E-state index in [1.54, 1.807) is 30.3 Å². The molecule has 0 heterocycles. The zero-order chi connectivity index (χ0) is 15.3. The Morgan fingerprint density at radius 3 is 2.24 bits per heavy atom. The summed E-state index contributed by atoms with van der Waals surface area (Å²) in [5.41, 5.74) is 5.36. The molecule has 0 radical (unpaired) electrons. The lowest BCUT2D eigenvalue weighted by Gasteiger charge is -2.09. The molecule has 110 valence electrons. The number of hydrogen-bond donors (Lipinski definition) is 2. The van der Waals surface area contributed by atoms with Crippen molar-refractivity contribution in [2.75, 3.05) is 11.3 Å². The zero-order valence-corrected chi connectivity index (χ0v) is 11.8. The molecule has 3 N–H and O–H groups in total. The van der Waals surface area contributed by atoms with Crippen molar-refractivity contribution in [1.82, 2.24) is 0 Å². The van der Waals surface area contributed by atoms with Gasteiger partial charge in [0.2, 0.25) is 0 Å². The molecular weight excluding hydrogens is 292 g/mol. The molecule has 0 bridgehead atoms. The van der Waals surface area contributed by atoms with Crippen LogP contribution in [0.1, 0.15) is 0 Å². The summed E-state index contributed by atoms with van der Waals surface area (Å²) in [6.07, 6.45) is 0. The van der Waals surface area contributed by atoms with Crippen molar-refractivity contribution in [2.45, 2.75) is 4.90 Å². The van der Waals surface area contributed by atoms with Crippen molar-refractivity contribution < 1.29 is 17.9 Å². The Morgan fingerprint density at radius 1 is 1.05 bits per heavy atom. The SMILES string of the molecule is NC(=O)COc1ccc(NS(=O)(=O)c2ccccc2)cc1. The maximum absolute atomic E-state index is 12.1. The monoisotopic (exact) mass is 306 g/mol. The number of nitrogens with two attached hydrogens (primary N) is 1. The van der Waals surface area contributed by atoms with Gasteiger partial charge in [0, 0.05) is 5.69 Å². The molecular formula is C14H14N2O4S. The van der Waals surface area contributed by atoms with Crippen LogP contribution < -0.4 is 15.2 Å². The van der Waals surface area contributed by atoms with Gasteiger partial charge >= 0.3 is 0 Å². The van der Waals surface area contributed by atoms with Gasteiger partial charge in [-0.2, -0.15) is 0 Å². The zero-order valence-electron chi connectivity index (χ0n) is 11.0. The van der Waals surface area contributed by atoms with Crippen molar-refractivity contribution in [1.29, 1.82) is 0 Å². The lowest BCUT2D eigenvalue weighted by Crippen LogP contribution is -2.20. The van der Waals surface area contributed by atoms with Crippen LogP contribution in [0.2, 0.25) is 0 Å². The molecule has 0 unspecified atom stereocenters. The fourth-order valence-electron chi connectivity index (χ4n) is 1.59. The van der Waals surface area contributed by atoms with Crippen LogP contribution in [-0.2, 0) is 14.8 Å². The second-order valence-electron chi connectivity index (χ2n) is 4.20. The van der Waals surface area contributed by atoms with Gasteiger partial charge in [0.05, 0.1) is 4.90 Å². The largest absolute Gasteiger partial charge is 0.484 e. The summed E-state index contributed by atoms with van der Waals surface area (Å²) in [7, 11) is -3.62. The Hall–Kier alpha value is -2.54. The van der Waals surface area contributed by atoms with Crippen LogP contribution in [0.5, 0.6) is 5.75 Å². The Labute approximate surface area is 122 Å². The summed E-state index contributed by atoms with van der Waals surface area (Å²) in [5, 5.41) is 0. The fourth-order valence-corrected chi connectivity index (χ4v) is 2.67. The van der Waals surface area contributed by atoms with E-state index in [0.717, 1.165) is 0 Å². The molecule has 0 spiro atoms. The Morgan fingerprint density at radius 2 is 1.67 bits per heavy atom. The minimum absolute atomic E-state index is 0.180. The van der Waals surface area contributed by atoms with Gasteiger partial charge in [-0.25, -0.2) is 8.42 Å². The third-order valence-corrected chi connectivity index (χ3v) is 3.94. The first-order valence-corrected chi connectivity index (χ1v) is 7.55. The van der Waals surface area contributed by atoms with E-state index in [-0.39, 0.29) is 11.5 Å². The molecule has 0 fully saturated rings. The van der Waals surface area contributed by atoms with E-state index in [9.17, 15) is 13.2 Å². The van der Waals surface area contributed by atoms with Crippen molar-refractivity contribution in [3.63, 3.8) is 0 Å². The quantitative estimate of drug-likeness (QED) is 0.841. The molecule has 0 aliphatic carbocycles. The van der Waals surface area contributed by atoms with Crippen LogP contribution in [0, 0.1) is 0 Å². The molecule has 7 heteroatoms. The topological polar surface area (TPSA) is 98.5 Å². The molecule has 2 rings (SSSR count). The highest BCUT2D eigenvalue weighted by Crippen LogP contribution is 2.19. The van der Waals surface area contributed by atoms with Crippen molar-refractivity contribution in [3.05, 3.63) is 54.6 Å². The third-order valence-electron chi connectivity index (χ3n) is 2.54. The van der Waals surface area contributed by atoms with Crippen LogP contribution in [0.15, 0.2) is 59.5 Å². The van der Waals surface area contributed by atoms with E-state index in [1.807, 2.05) is 0 Å². The van der Waals surface area contributed by atoms with Crippen LogP contribution in [0.3, 0.4) is 0 Å². The Balaban J connectivity index is 2.08. The Bertz CT molecular complexity index is 712. The summed E-state index contributed by atoms with van der Waals surface area (Å²) >= 11 is 0. The summed E-state index contributed by atoms with van der Waals surface area (Å²) in [6.45, 7) is -0.227. The van der Waals surface area contributed by atoms with Crippen LogP contribution in [0.25, 0.3) is 0 Å². The van der Waals surface area contributed by atoms with Crippen LogP contribution >= 0.6 is 0 Å². The van der Waals surface area contributed by atoms with E-state index < -0.39 is 15.9 Å². The second kappa shape index (κ2) is 6.27. The average Bonchev–Trinajstić information content (AvgIpc) is 2.47. The number of carbonyl (C=O) groups excluding carboxylic acids is 1. The van der Waals surface area contributed by atoms with E-state index >= 15 is 0 Å². The average molecular weight is 306 g/mol. The van der Waals surface area contributed by atoms with Crippen molar-refractivity contribution in [3.8, 4) is 5.75 Å². The van der Waals surface area contributed by atoms with Gasteiger partial charge in [-0.3, -0.25) is 9.52 Å². The lowest BCUT2D eigenvalue weighted by molar-refractivity contribution is -0.119. The van der Waals surface area contributed by atoms with E-state index in [1.165, 1.54) is 24.3 Å². The molecule has 0 aromatic heterocycles. The molecule has 0 aliphatic heterocycles. The molecule has 2 aromatic rings. The molecule has 21 heavy (non-hydrogen) atoms. The number of benzene rings is 2. The minimum atomic E-state index is -3.62. The second-order valence-corrected chi connectivity index (χ2v) is 5.88. The number of primary amides is 1. The number of anilines is 1. The molecule has 2 aromatic carbocycles. The standard InChI is InChI=1S/C14H14N2O4S/c15-14(17)10-20-12-8-6-11(7-9-12)16-21(18,19)13-4-2-1-3-5-13/h1-9,16H,10H2,(H2,15,17). The van der Waals surface area contributed by atoms with Crippen LogP contribution in [0.4, 0.5) is 5.69 Å². The summed E-state index contributed by atoms with van der Waals surface area (Å²) in [4.78, 5) is 10.8. The van der Waals surface area contributed by atoms with Crippen LogP contribution in [-0.4, -0.2) is 20.9 Å². The first kappa shape index (κ1) is 14.9. The first-order valence-electron chi connectivity index (χ1n) is 6.06. The number of rotatable bonds is 6. The summed E-state index contributed by atoms with van der Waals surface area (Å²) in [5.74, 6) is -0.152. The van der Waals surface area contributed by atoms with Gasteiger partial charge < -0.3 is 10.5 Å². The molecule has 1 amide bonds. The molecule has 0 aliphatic rings. The van der Waals surface area contributed by atoms with Gasteiger partial charge in [-0.05, 0) is 36.4 Å². The van der Waals surface area contributed by atoms with Gasteiger partial charge in [0.15, 0.2) is 6.61 Å². The number of nitrogens with one attached hydrogen (secondary N) is 1. The maximum Gasteiger partial charge on any atom is 0.261 e. The smallest absolute Gasteiger partial charge is 0.261 e. The van der Waals surface area contributed by atoms with E-state index in [0.29, 0.717) is 11.4 Å². The highest BCUT2D eigenvalue weighted by molar-refractivity contribution is 7.92. The van der Waals surface area contributed by atoms with Gasteiger partial charge in [-0.15, -0.1) is 0 Å². The summed E-state index contributed by atoms with van der Waals surface area (Å²) in [6, 6.07) is 14.2. The van der Waals surface area contributed by atoms with Gasteiger partial charge in [0.25, 0.3) is 15.9 Å². The normalized spacial score (nSPS) is 10.9. The van der Waals surface area contributed by atoms with Crippen molar-refractivity contribution >= 4 is 21.6 Å². The lowest BCUT2D eigenvalue weighted by atomic mass is 10.3. The number of sulfonamides is 1. The number of carbonyl (C=O) groups is 1. The minimum Gasteiger partial charge on any atom is -0.484 e.